The number of hydrogen-bond donors (Lipinski definition) is 6. The van der Waals surface area contributed by atoms with E-state index in [1.54, 1.807) is 0 Å². The van der Waals surface area contributed by atoms with E-state index in [1.807, 2.05) is 4.98 Å². The van der Waals surface area contributed by atoms with Gasteiger partial charge in [0.15, 0.2) is 12.5 Å². The van der Waals surface area contributed by atoms with Crippen LogP contribution in [0.5, 0.6) is 0 Å². The number of nitrogens with one attached hydrogen (secondary N) is 2. The SMILES string of the molecule is CC(=O)NC1C(OP(=O)([O-])OP(=O)([O-])OCC2OC(n3ccc(=O)[nH]c3=O)C(O)C2O)OC(C)C(O)C1O.[Na+].[Na+]. The van der Waals surface area contributed by atoms with Crippen molar-refractivity contribution in [3.63, 3.8) is 0 Å². The first-order valence-electron chi connectivity index (χ1n) is 10.8. The normalized spacial score (nSPS) is 35.0. The van der Waals surface area contributed by atoms with Gasteiger partial charge < -0.3 is 49.5 Å². The fraction of sp³-hybridized carbons (Fsp3) is 0.706. The molecule has 11 unspecified atom stereocenters. The summed E-state index contributed by atoms with van der Waals surface area (Å²) in [5.41, 5.74) is -1.76. The molecule has 40 heavy (non-hydrogen) atoms. The molecular formula is C17H25N3Na2O16P2. The Balaban J connectivity index is 0.00000400. The molecule has 1 aromatic rings. The van der Waals surface area contributed by atoms with Crippen LogP contribution in [0.3, 0.4) is 0 Å². The van der Waals surface area contributed by atoms with Crippen molar-refractivity contribution in [2.45, 2.75) is 69.0 Å². The zero-order valence-electron chi connectivity index (χ0n) is 21.6. The first-order chi connectivity index (χ1) is 17.5. The number of ether oxygens (including phenoxy) is 2. The summed E-state index contributed by atoms with van der Waals surface area (Å²) >= 11 is 0. The van der Waals surface area contributed by atoms with Crippen LogP contribution in [-0.2, 0) is 36.8 Å². The third-order valence-corrected chi connectivity index (χ3v) is 8.03. The molecule has 19 nitrogen and oxygen atoms in total. The second-order valence-corrected chi connectivity index (χ2v) is 11.3. The molecule has 11 atom stereocenters. The molecule has 0 aromatic carbocycles. The van der Waals surface area contributed by atoms with Crippen molar-refractivity contribution >= 4 is 21.6 Å². The standard InChI is InChI=1S/C17H27N3O16P2.2Na/c1-6-11(23)13(25)10(18-7(2)21)16(33-6)35-38(30,31)36-37(28,29)32-5-8-12(24)14(26)15(34-8)20-4-3-9(22)19-17(20)27;;/h3-4,6,8,10-16,23-26H,5H2,1-2H3,(H,18,21)(H,28,29)(H,30,31)(H,19,22,27);;/q;2*+1/p-2. The van der Waals surface area contributed by atoms with E-state index in [0.717, 1.165) is 19.2 Å². The maximum atomic E-state index is 12.3. The molecule has 0 aliphatic carbocycles. The van der Waals surface area contributed by atoms with Crippen molar-refractivity contribution in [3.8, 4) is 0 Å². The van der Waals surface area contributed by atoms with Crippen molar-refractivity contribution in [3.05, 3.63) is 33.1 Å². The Hall–Kier alpha value is 0.170. The molecule has 216 valence electrons. The maximum Gasteiger partial charge on any atom is 1.00 e. The van der Waals surface area contributed by atoms with Crippen LogP contribution < -0.4 is 85.5 Å². The molecular weight excluding hydrogens is 610 g/mol. The number of amides is 1. The van der Waals surface area contributed by atoms with Gasteiger partial charge in [0.1, 0.15) is 36.6 Å². The van der Waals surface area contributed by atoms with Crippen molar-refractivity contribution in [1.29, 1.82) is 0 Å². The number of rotatable bonds is 9. The third kappa shape index (κ3) is 9.59. The van der Waals surface area contributed by atoms with Gasteiger partial charge in [-0.3, -0.25) is 32.8 Å². The largest absolute Gasteiger partial charge is 1.00 e. The summed E-state index contributed by atoms with van der Waals surface area (Å²) in [5, 5.41) is 42.5. The Labute approximate surface area is 269 Å². The molecule has 2 aliphatic heterocycles. The van der Waals surface area contributed by atoms with Gasteiger partial charge in [-0.1, -0.05) is 0 Å². The summed E-state index contributed by atoms with van der Waals surface area (Å²) in [7, 11) is -11.6. The Kier molecular flexibility index (Phi) is 14.6. The summed E-state index contributed by atoms with van der Waals surface area (Å²) in [6, 6.07) is -0.722. The van der Waals surface area contributed by atoms with Gasteiger partial charge in [-0.15, -0.1) is 0 Å². The van der Waals surface area contributed by atoms with E-state index in [1.165, 1.54) is 6.92 Å². The molecule has 0 bridgehead atoms. The average Bonchev–Trinajstić information content (AvgIpc) is 3.06. The van der Waals surface area contributed by atoms with Gasteiger partial charge in [-0.05, 0) is 6.92 Å². The van der Waals surface area contributed by atoms with Gasteiger partial charge in [0.25, 0.3) is 21.2 Å². The second-order valence-electron chi connectivity index (χ2n) is 8.36. The predicted octanol–water partition coefficient (Wildman–Crippen LogP) is -10.9. The number of aliphatic hydroxyl groups excluding tert-OH is 4. The van der Waals surface area contributed by atoms with E-state index in [4.69, 9.17) is 9.47 Å². The number of aromatic amines is 1. The van der Waals surface area contributed by atoms with Crippen molar-refractivity contribution in [1.82, 2.24) is 14.9 Å². The van der Waals surface area contributed by atoms with Crippen LogP contribution in [0.25, 0.3) is 0 Å². The first kappa shape index (κ1) is 38.2. The van der Waals surface area contributed by atoms with Crippen molar-refractivity contribution in [2.75, 3.05) is 6.61 Å². The quantitative estimate of drug-likeness (QED) is 0.108. The van der Waals surface area contributed by atoms with Crippen LogP contribution in [0.1, 0.15) is 20.1 Å². The number of H-pyrrole nitrogens is 1. The Morgan fingerprint density at radius 3 is 2.27 bits per heavy atom. The number of hydrogen-bond acceptors (Lipinski definition) is 16. The zero-order valence-corrected chi connectivity index (χ0v) is 27.4. The van der Waals surface area contributed by atoms with Crippen LogP contribution in [0.15, 0.2) is 21.9 Å². The molecule has 3 heterocycles. The Morgan fingerprint density at radius 2 is 1.70 bits per heavy atom. The molecule has 0 saturated carbocycles. The van der Waals surface area contributed by atoms with Crippen LogP contribution in [0.4, 0.5) is 0 Å². The van der Waals surface area contributed by atoms with Gasteiger partial charge >= 0.3 is 64.8 Å². The molecule has 23 heteroatoms. The summed E-state index contributed by atoms with van der Waals surface area (Å²) in [4.78, 5) is 60.8. The van der Waals surface area contributed by atoms with Crippen molar-refractivity contribution < 1.29 is 126 Å². The van der Waals surface area contributed by atoms with Crippen LogP contribution in [0, 0.1) is 0 Å². The number of nitrogens with zero attached hydrogens (tertiary/aromatic N) is 1. The van der Waals surface area contributed by atoms with Gasteiger partial charge in [-0.25, -0.2) is 9.11 Å². The molecule has 6 N–H and O–H groups in total. The minimum Gasteiger partial charge on any atom is -0.756 e. The first-order valence-corrected chi connectivity index (χ1v) is 13.7. The molecule has 1 aromatic heterocycles. The third-order valence-electron chi connectivity index (χ3n) is 5.50. The smallest absolute Gasteiger partial charge is 0.756 e. The molecule has 2 fully saturated rings. The summed E-state index contributed by atoms with van der Waals surface area (Å²) < 4.78 is 48.4. The number of phosphoric acid groups is 2. The predicted molar refractivity (Wildman–Crippen MR) is 115 cm³/mol. The molecule has 0 spiro atoms. The van der Waals surface area contributed by atoms with Crippen LogP contribution >= 0.6 is 15.6 Å². The van der Waals surface area contributed by atoms with Crippen LogP contribution in [-0.4, -0.2) is 91.4 Å². The van der Waals surface area contributed by atoms with Gasteiger partial charge in [0, 0.05) is 19.2 Å². The minimum atomic E-state index is -5.85. The molecule has 3 rings (SSSR count). The van der Waals surface area contributed by atoms with E-state index >= 15 is 0 Å². The summed E-state index contributed by atoms with van der Waals surface area (Å²) in [6.45, 7) is 1.15. The molecule has 1 amide bonds. The average molecular weight is 635 g/mol. The number of aliphatic hydroxyl groups is 4. The monoisotopic (exact) mass is 635 g/mol. The maximum absolute atomic E-state index is 12.3. The molecule has 2 aliphatic rings. The van der Waals surface area contributed by atoms with Gasteiger partial charge in [0.05, 0.1) is 12.7 Å². The number of aromatic nitrogens is 2. The fourth-order valence-corrected chi connectivity index (χ4v) is 5.78. The fourth-order valence-electron chi connectivity index (χ4n) is 3.69. The molecule has 2 saturated heterocycles. The number of carbonyl (C=O) groups excluding carboxylic acids is 1. The minimum absolute atomic E-state index is 0. The van der Waals surface area contributed by atoms with E-state index in [0.29, 0.717) is 4.57 Å². The Morgan fingerprint density at radius 1 is 1.07 bits per heavy atom. The van der Waals surface area contributed by atoms with E-state index in [2.05, 4.69) is 18.7 Å². The van der Waals surface area contributed by atoms with Gasteiger partial charge in [0.2, 0.25) is 5.91 Å². The topological polar surface area (TPSA) is 291 Å². The summed E-state index contributed by atoms with van der Waals surface area (Å²) in [5.74, 6) is -0.771. The van der Waals surface area contributed by atoms with E-state index in [9.17, 15) is 53.7 Å². The number of phosphoric ester groups is 2. The van der Waals surface area contributed by atoms with Gasteiger partial charge in [-0.2, -0.15) is 0 Å². The molecule has 0 radical (unpaired) electrons. The van der Waals surface area contributed by atoms with E-state index in [-0.39, 0.29) is 59.1 Å². The Bertz CT molecular complexity index is 1230. The number of carbonyl (C=O) groups is 1. The second kappa shape index (κ2) is 15.3. The summed E-state index contributed by atoms with van der Waals surface area (Å²) in [6.07, 6.45) is -12.4. The van der Waals surface area contributed by atoms with Crippen LogP contribution in [0.2, 0.25) is 0 Å². The van der Waals surface area contributed by atoms with Crippen molar-refractivity contribution in [2.24, 2.45) is 0 Å². The zero-order chi connectivity index (χ0) is 28.6. The van der Waals surface area contributed by atoms with E-state index < -0.39 is 94.6 Å².